The van der Waals surface area contributed by atoms with Gasteiger partial charge in [-0.05, 0) is 170 Å². The van der Waals surface area contributed by atoms with Crippen LogP contribution < -0.4 is 0 Å². The lowest BCUT2D eigenvalue weighted by molar-refractivity contribution is 0.834. The third-order valence-electron chi connectivity index (χ3n) is 24.0. The fourth-order valence-corrected chi connectivity index (χ4v) is 18.6. The SMILES string of the molecule is C1=CC2=C3C(=CC=C4C=CC(c5cc(-c6ccc(-n7c8ccccc8c8ccccc87)cc6)nc(-c6ccc(-c7ccc8ncccc8c7)cc6)n5)=C(C=C2)C43)C1.C1=CC2=C3C(=CC=C4C=CC(c5cc(-c6ccc(-n7c8ccccc8c8ccccc87)cc6)nc(-c6ccc(-c7cccc8cccnc78)cc6)n5)=C(C=C2)C43)C1. The summed E-state index contributed by atoms with van der Waals surface area (Å²) in [5, 5.41) is 7.26. The Morgan fingerprint density at radius 2 is 0.728 bits per heavy atom. The van der Waals surface area contributed by atoms with E-state index >= 15 is 0 Å². The van der Waals surface area contributed by atoms with Gasteiger partial charge in [-0.2, -0.15) is 0 Å². The largest absolute Gasteiger partial charge is 0.309 e. The van der Waals surface area contributed by atoms with E-state index in [-0.39, 0.29) is 11.8 Å². The summed E-state index contributed by atoms with van der Waals surface area (Å²) in [4.78, 5) is 30.5. The summed E-state index contributed by atoms with van der Waals surface area (Å²) in [6, 6.07) is 94.8. The molecule has 0 bridgehead atoms. The van der Waals surface area contributed by atoms with E-state index in [9.17, 15) is 0 Å². The lowest BCUT2D eigenvalue weighted by atomic mass is 9.67. The molecule has 6 heterocycles. The number of fused-ring (bicyclic) bond motifs is 8. The predicted molar refractivity (Wildman–Crippen MR) is 467 cm³/mol. The summed E-state index contributed by atoms with van der Waals surface area (Å²) in [7, 11) is 0. The molecule has 0 spiro atoms. The molecule has 6 aromatic heterocycles. The minimum absolute atomic E-state index is 0.205. The van der Waals surface area contributed by atoms with Crippen LogP contribution in [-0.2, 0) is 0 Å². The Kier molecular flexibility index (Phi) is 15.1. The highest BCUT2D eigenvalue weighted by Crippen LogP contribution is 2.52. The first kappa shape index (κ1) is 65.1. The van der Waals surface area contributed by atoms with Crippen molar-refractivity contribution in [1.29, 1.82) is 0 Å². The zero-order chi connectivity index (χ0) is 74.9. The average Bonchev–Trinajstić information content (AvgIpc) is 1.04. The highest BCUT2D eigenvalue weighted by atomic mass is 15.0. The van der Waals surface area contributed by atoms with Gasteiger partial charge in [0.1, 0.15) is 0 Å². The molecule has 0 radical (unpaired) electrons. The summed E-state index contributed by atoms with van der Waals surface area (Å²) >= 11 is 0. The molecule has 0 aliphatic heterocycles. The normalized spacial score (nSPS) is 16.7. The summed E-state index contributed by atoms with van der Waals surface area (Å²) in [6.07, 6.45) is 42.2. The first-order chi connectivity index (χ1) is 56.5. The van der Waals surface area contributed by atoms with Gasteiger partial charge in [-0.1, -0.05) is 279 Å². The lowest BCUT2D eigenvalue weighted by Gasteiger charge is -2.36. The molecule has 0 N–H and O–H groups in total. The van der Waals surface area contributed by atoms with Crippen LogP contribution in [0.1, 0.15) is 24.2 Å². The minimum Gasteiger partial charge on any atom is -0.309 e. The maximum Gasteiger partial charge on any atom is 0.160 e. The molecule has 8 aliphatic rings. The molecule has 2 unspecified atom stereocenters. The number of rotatable bonds is 10. The number of allylic oxidation sites excluding steroid dienone is 28. The second-order valence-electron chi connectivity index (χ2n) is 30.3. The average molecular weight is 1450 g/mol. The van der Waals surface area contributed by atoms with E-state index in [1.54, 1.807) is 0 Å². The van der Waals surface area contributed by atoms with Crippen LogP contribution in [0, 0.1) is 11.8 Å². The number of para-hydroxylation sites is 5. The summed E-state index contributed by atoms with van der Waals surface area (Å²) in [6.45, 7) is 0. The van der Waals surface area contributed by atoms with Crippen LogP contribution >= 0.6 is 0 Å². The Morgan fingerprint density at radius 3 is 1.24 bits per heavy atom. The Morgan fingerprint density at radius 1 is 0.298 bits per heavy atom. The second kappa shape index (κ2) is 26.4. The second-order valence-corrected chi connectivity index (χ2v) is 30.3. The Hall–Kier alpha value is -14.9. The van der Waals surface area contributed by atoms with Gasteiger partial charge in [-0.3, -0.25) is 9.97 Å². The third-order valence-corrected chi connectivity index (χ3v) is 24.0. The number of hydrogen-bond donors (Lipinski definition) is 0. The zero-order valence-corrected chi connectivity index (χ0v) is 61.9. The van der Waals surface area contributed by atoms with Gasteiger partial charge in [0.15, 0.2) is 11.6 Å². The molecule has 0 amide bonds. The quantitative estimate of drug-likeness (QED) is 0.136. The molecule has 0 saturated carbocycles. The van der Waals surface area contributed by atoms with E-state index in [0.29, 0.717) is 11.6 Å². The van der Waals surface area contributed by atoms with Gasteiger partial charge < -0.3 is 9.13 Å². The molecule has 8 heteroatoms. The van der Waals surface area contributed by atoms with Gasteiger partial charge in [0, 0.05) is 107 Å². The first-order valence-electron chi connectivity index (χ1n) is 39.2. The monoisotopic (exact) mass is 1450 g/mol. The van der Waals surface area contributed by atoms with Crippen molar-refractivity contribution in [2.75, 3.05) is 0 Å². The Balaban J connectivity index is 0.000000135. The third kappa shape index (κ3) is 10.8. The number of nitrogens with zero attached hydrogens (tertiary/aromatic N) is 8. The van der Waals surface area contributed by atoms with E-state index < -0.39 is 0 Å². The molecular weight excluding hydrogens is 1390 g/mol. The van der Waals surface area contributed by atoms with Gasteiger partial charge in [0.25, 0.3) is 0 Å². The number of pyridine rings is 2. The molecule has 8 nitrogen and oxygen atoms in total. The van der Waals surface area contributed by atoms with Gasteiger partial charge >= 0.3 is 0 Å². The highest BCUT2D eigenvalue weighted by Gasteiger charge is 2.37. The van der Waals surface area contributed by atoms with Gasteiger partial charge in [0.2, 0.25) is 0 Å². The summed E-state index contributed by atoms with van der Waals surface area (Å²) < 4.78 is 4.71. The van der Waals surface area contributed by atoms with Crippen LogP contribution in [0.5, 0.6) is 0 Å². The molecule has 24 rings (SSSR count). The van der Waals surface area contributed by atoms with E-state index in [1.807, 2.05) is 24.5 Å². The maximum atomic E-state index is 5.35. The Labute approximate surface area is 658 Å². The van der Waals surface area contributed by atoms with Gasteiger partial charge in [-0.25, -0.2) is 19.9 Å². The molecule has 532 valence electrons. The van der Waals surface area contributed by atoms with Crippen molar-refractivity contribution in [3.8, 4) is 78.9 Å². The van der Waals surface area contributed by atoms with E-state index in [2.05, 4.69) is 366 Å². The first-order valence-corrected chi connectivity index (χ1v) is 39.2. The molecule has 16 aromatic rings. The molecule has 10 aromatic carbocycles. The van der Waals surface area contributed by atoms with Crippen molar-refractivity contribution in [3.63, 3.8) is 0 Å². The standard InChI is InChI=1S/2C53H34N4/c1-3-15-48-43(12-1)44-13-2-4-16-49(44)57(48)40-27-23-34(24-28-40)46-32-47(42-29-25-37-20-19-35-8-5-9-36-26-30-45(42)51(37)50(35)36)56-53(55-46)39-21-17-33(18-22-39)41-14-6-10-38-11-7-31-54-52(38)41;1-3-12-49-43(10-1)44-11-2-4-13-50(44)57(49)41-25-20-34(21-26-41)47-32-48(42-27-22-37-17-16-35-7-5-8-36-23-28-45(42)52(37)51(35)36)56-53(55-47)38-18-14-33(15-19-38)39-24-29-46-40(31-39)9-6-30-54-46/h1-7,9-32,51H,8H2;1-6,8-32,52H,7H2. The summed E-state index contributed by atoms with van der Waals surface area (Å²) in [5.41, 5.74) is 37.0. The zero-order valence-electron chi connectivity index (χ0n) is 61.9. The van der Waals surface area contributed by atoms with Crippen molar-refractivity contribution in [2.45, 2.75) is 12.8 Å². The van der Waals surface area contributed by atoms with Crippen LogP contribution in [0.4, 0.5) is 0 Å². The molecule has 0 saturated heterocycles. The fraction of sp³-hybridized carbons (Fsp3) is 0.0377. The topological polar surface area (TPSA) is 87.2 Å². The molecule has 2 atom stereocenters. The van der Waals surface area contributed by atoms with Crippen LogP contribution in [0.2, 0.25) is 0 Å². The minimum atomic E-state index is 0.205. The maximum absolute atomic E-state index is 5.35. The van der Waals surface area contributed by atoms with Crippen molar-refractivity contribution < 1.29 is 0 Å². The fourth-order valence-electron chi connectivity index (χ4n) is 18.6. The predicted octanol–water partition coefficient (Wildman–Crippen LogP) is 25.5. The van der Waals surface area contributed by atoms with Crippen molar-refractivity contribution >= 4 is 76.6 Å². The van der Waals surface area contributed by atoms with Crippen molar-refractivity contribution in [3.05, 3.63) is 444 Å². The van der Waals surface area contributed by atoms with Gasteiger partial charge in [0.05, 0.1) is 55.9 Å². The van der Waals surface area contributed by atoms with Crippen LogP contribution in [0.15, 0.2) is 432 Å². The smallest absolute Gasteiger partial charge is 0.160 e. The molecule has 8 aliphatic carbocycles. The Bertz CT molecular complexity index is 7230. The number of hydrogen-bond acceptors (Lipinski definition) is 6. The molecule has 0 fully saturated rings. The van der Waals surface area contributed by atoms with Crippen LogP contribution in [0.25, 0.3) is 155 Å². The number of benzene rings is 10. The highest BCUT2D eigenvalue weighted by molar-refractivity contribution is 6.10. The van der Waals surface area contributed by atoms with Crippen LogP contribution in [-0.4, -0.2) is 39.0 Å². The lowest BCUT2D eigenvalue weighted by Crippen LogP contribution is -2.22. The van der Waals surface area contributed by atoms with Gasteiger partial charge in [-0.15, -0.1) is 0 Å². The van der Waals surface area contributed by atoms with E-state index in [0.717, 1.165) is 124 Å². The molecular formula is C106H68N8. The van der Waals surface area contributed by atoms with Crippen LogP contribution in [0.3, 0.4) is 0 Å². The van der Waals surface area contributed by atoms with Crippen molar-refractivity contribution in [2.24, 2.45) is 11.8 Å². The van der Waals surface area contributed by atoms with E-state index in [4.69, 9.17) is 24.9 Å². The molecule has 114 heavy (non-hydrogen) atoms. The summed E-state index contributed by atoms with van der Waals surface area (Å²) in [5.74, 6) is 1.81. The van der Waals surface area contributed by atoms with E-state index in [1.165, 1.54) is 99.3 Å². The number of aromatic nitrogens is 8. The van der Waals surface area contributed by atoms with Crippen molar-refractivity contribution in [1.82, 2.24) is 39.0 Å².